The van der Waals surface area contributed by atoms with Crippen LogP contribution in [-0.4, -0.2) is 167 Å². The van der Waals surface area contributed by atoms with Crippen molar-refractivity contribution in [3.05, 3.63) is 125 Å². The first kappa shape index (κ1) is 70.8. The summed E-state index contributed by atoms with van der Waals surface area (Å²) < 4.78 is 20.6. The van der Waals surface area contributed by atoms with E-state index in [9.17, 15) is 68.4 Å². The molecule has 25 heteroatoms. The maximum absolute atomic E-state index is 15.2. The zero-order valence-electron chi connectivity index (χ0n) is 50.2. The molecule has 0 saturated carbocycles. The number of aliphatic carboxylic acids is 1. The summed E-state index contributed by atoms with van der Waals surface area (Å²) in [4.78, 5) is 136. The number of benzene rings is 4. The molecule has 0 aromatic heterocycles. The number of carboxylic acids is 1. The van der Waals surface area contributed by atoms with Crippen molar-refractivity contribution in [3.8, 4) is 16.9 Å². The Bertz CT molecular complexity index is 3020. The van der Waals surface area contributed by atoms with Crippen LogP contribution in [0.5, 0.6) is 5.75 Å². The first-order valence-corrected chi connectivity index (χ1v) is 28.6. The third-order valence-corrected chi connectivity index (χ3v) is 14.5. The van der Waals surface area contributed by atoms with E-state index in [1.165, 1.54) is 32.2 Å². The number of likely N-dealkylation sites (N-methyl/N-ethyl adjacent to an activating group) is 1. The largest absolute Gasteiger partial charge is 0.497 e. The van der Waals surface area contributed by atoms with Gasteiger partial charge < -0.3 is 73.0 Å². The number of nitrogens with one attached hydrogen (secondary N) is 9. The number of rotatable bonds is 35. The van der Waals surface area contributed by atoms with Crippen LogP contribution in [0.3, 0.4) is 0 Å². The Balaban J connectivity index is 1.60. The molecule has 8 amide bonds. The molecule has 0 saturated heterocycles. The molecule has 87 heavy (non-hydrogen) atoms. The molecule has 0 aliphatic rings. The summed E-state index contributed by atoms with van der Waals surface area (Å²) in [6, 6.07) is 16.5. The van der Waals surface area contributed by atoms with Gasteiger partial charge in [-0.15, -0.1) is 0 Å². The molecule has 13 N–H and O–H groups in total. The number of methoxy groups -OCH3 is 1. The van der Waals surface area contributed by atoms with E-state index in [0.717, 1.165) is 49.1 Å². The quantitative estimate of drug-likeness (QED) is 0.0300. The second-order valence-electron chi connectivity index (χ2n) is 21.3. The second-order valence-corrected chi connectivity index (χ2v) is 21.3. The Hall–Kier alpha value is -8.65. The summed E-state index contributed by atoms with van der Waals surface area (Å²) in [5.74, 6) is -10.6. The molecule has 0 bridgehead atoms. The highest BCUT2D eigenvalue weighted by Gasteiger charge is 2.42. The summed E-state index contributed by atoms with van der Waals surface area (Å²) in [6.45, 7) is 6.65. The lowest BCUT2D eigenvalue weighted by molar-refractivity contribution is -0.142. The van der Waals surface area contributed by atoms with Crippen LogP contribution >= 0.6 is 0 Å². The van der Waals surface area contributed by atoms with Crippen LogP contribution in [0.1, 0.15) is 89.5 Å². The van der Waals surface area contributed by atoms with Gasteiger partial charge in [0.05, 0.1) is 51.0 Å². The average Bonchev–Trinajstić information content (AvgIpc) is 3.37. The smallest absolute Gasteiger partial charge is 0.305 e. The molecular weight excluding hydrogens is 1130 g/mol. The van der Waals surface area contributed by atoms with Gasteiger partial charge in [0.2, 0.25) is 47.3 Å². The Morgan fingerprint density at radius 3 is 1.82 bits per heavy atom. The fourth-order valence-electron chi connectivity index (χ4n) is 9.25. The van der Waals surface area contributed by atoms with Crippen molar-refractivity contribution in [1.82, 2.24) is 47.9 Å². The van der Waals surface area contributed by atoms with Gasteiger partial charge in [0.15, 0.2) is 5.78 Å². The van der Waals surface area contributed by atoms with E-state index in [4.69, 9.17) is 4.74 Å². The molecular formula is C62H82FN9O15. The average molecular weight is 1210 g/mol. The van der Waals surface area contributed by atoms with Gasteiger partial charge in [-0.25, -0.2) is 4.39 Å². The van der Waals surface area contributed by atoms with Crippen LogP contribution < -0.4 is 52.6 Å². The van der Waals surface area contributed by atoms with Gasteiger partial charge in [0, 0.05) is 19.3 Å². The number of aliphatic hydroxyl groups is 3. The Kier molecular flexibility index (Phi) is 28.1. The van der Waals surface area contributed by atoms with Gasteiger partial charge in [-0.1, -0.05) is 92.7 Å². The summed E-state index contributed by atoms with van der Waals surface area (Å²) in [7, 11) is 3.08. The van der Waals surface area contributed by atoms with E-state index in [1.807, 2.05) is 67.6 Å². The van der Waals surface area contributed by atoms with Crippen molar-refractivity contribution < 1.29 is 77.5 Å². The number of carbonyl (C=O) groups excluding carboxylic acids is 9. The Labute approximate surface area is 504 Å². The van der Waals surface area contributed by atoms with Crippen LogP contribution in [0.2, 0.25) is 0 Å². The number of hydrogen-bond donors (Lipinski definition) is 13. The molecule has 0 spiro atoms. The fraction of sp³-hybridized carbons (Fsp3) is 0.452. The van der Waals surface area contributed by atoms with Crippen molar-refractivity contribution in [2.75, 3.05) is 27.3 Å². The normalized spacial score (nSPS) is 14.9. The van der Waals surface area contributed by atoms with Crippen molar-refractivity contribution in [1.29, 1.82) is 0 Å². The Morgan fingerprint density at radius 2 is 1.23 bits per heavy atom. The molecule has 0 aliphatic carbocycles. The number of hydrogen-bond acceptors (Lipinski definition) is 15. The van der Waals surface area contributed by atoms with Crippen molar-refractivity contribution in [2.24, 2.45) is 0 Å². The molecule has 0 heterocycles. The molecule has 24 nitrogen and oxygen atoms in total. The van der Waals surface area contributed by atoms with Gasteiger partial charge in [0.1, 0.15) is 47.3 Å². The van der Waals surface area contributed by atoms with Gasteiger partial charge in [-0.3, -0.25) is 47.9 Å². The standard InChI is InChI=1S/C62H82FN9O15/c1-9-40-30-43(87-8)27-28-44(40)41-25-23-39(24-26-41)29-47(56(81)66-46(50(76)10-2)22-16-19-38-17-12-11-13-18-38)67-57(82)48(31-52(78)79)68-58(83)49(34-73)69-59(84)53(36(4)74)71-61(86)62(6,32-42-20-14-15-21-45(42)63)72-60(85)54(37(5)75)70-51(77)33-65-55(80)35(3)64-7/h11-15,17-18,20-21,23-28,30,35-37,46-49,53-54,64,73-75H,9-10,16,19,22,29,31-34H2,1-8H3,(H,65,80)(H,66,81)(H,67,82)(H,68,83)(H,69,84)(H,70,77)(H,71,86)(H,72,85)(H,78,79)/t35-,36+,37+,46?,47-,48-,49-,53-,54-,62-/m0/s1. The topological polar surface area (TPSA) is 369 Å². The third kappa shape index (κ3) is 21.7. The monoisotopic (exact) mass is 1210 g/mol. The number of carbonyl (C=O) groups is 10. The van der Waals surface area contributed by atoms with Crippen LogP contribution in [0, 0.1) is 5.82 Å². The number of carboxylic acid groups (broad SMARTS) is 1. The highest BCUT2D eigenvalue weighted by atomic mass is 19.1. The maximum Gasteiger partial charge on any atom is 0.305 e. The van der Waals surface area contributed by atoms with Gasteiger partial charge in [-0.2, -0.15) is 0 Å². The van der Waals surface area contributed by atoms with Crippen molar-refractivity contribution in [3.63, 3.8) is 0 Å². The lowest BCUT2D eigenvalue weighted by Gasteiger charge is -2.34. The molecule has 0 fully saturated rings. The lowest BCUT2D eigenvalue weighted by atomic mass is 9.90. The number of halogens is 1. The van der Waals surface area contributed by atoms with E-state index in [2.05, 4.69) is 47.9 Å². The second kappa shape index (κ2) is 34.5. The molecule has 4 aromatic carbocycles. The minimum absolute atomic E-state index is 0.0714. The summed E-state index contributed by atoms with van der Waals surface area (Å²) in [5.41, 5.74) is 1.91. The van der Waals surface area contributed by atoms with E-state index in [1.54, 1.807) is 26.2 Å². The first-order valence-electron chi connectivity index (χ1n) is 28.6. The zero-order chi connectivity index (χ0) is 64.5. The number of aryl methyl sites for hydroxylation is 2. The number of Topliss-reactive ketones (excluding diaryl/α,β-unsaturated/α-hetero) is 1. The highest BCUT2D eigenvalue weighted by molar-refractivity contribution is 6.00. The number of aliphatic hydroxyl groups excluding tert-OH is 3. The van der Waals surface area contributed by atoms with E-state index < -0.39 is 145 Å². The van der Waals surface area contributed by atoms with Crippen LogP contribution in [0.15, 0.2) is 97.1 Å². The molecule has 0 aliphatic heterocycles. The first-order chi connectivity index (χ1) is 41.3. The van der Waals surface area contributed by atoms with Crippen LogP contribution in [-0.2, 0) is 73.6 Å². The van der Waals surface area contributed by atoms with E-state index >= 15 is 4.39 Å². The fourth-order valence-corrected chi connectivity index (χ4v) is 9.25. The SMILES string of the molecule is CCC(=O)C(CCCc1ccccc1)NC(=O)[C@H](Cc1ccc(-c2ccc(OC)cc2CC)cc1)NC(=O)[C@H](CC(=O)O)NC(=O)[C@H](CO)NC(=O)[C@@H](NC(=O)[C@](C)(Cc1ccccc1F)NC(=O)[C@@H](NC(=O)CNC(=O)[C@H](C)NC)[C@@H](C)O)[C@@H](C)O. The molecule has 10 atom stereocenters. The molecule has 0 radical (unpaired) electrons. The summed E-state index contributed by atoms with van der Waals surface area (Å²) >= 11 is 0. The van der Waals surface area contributed by atoms with Crippen molar-refractivity contribution in [2.45, 2.75) is 153 Å². The predicted molar refractivity (Wildman–Crippen MR) is 319 cm³/mol. The molecule has 4 rings (SSSR count). The summed E-state index contributed by atoms with van der Waals surface area (Å²) in [5, 5.41) is 63.6. The van der Waals surface area contributed by atoms with Crippen LogP contribution in [0.4, 0.5) is 4.39 Å². The number of amides is 8. The minimum Gasteiger partial charge on any atom is -0.497 e. The van der Waals surface area contributed by atoms with Crippen LogP contribution in [0.25, 0.3) is 11.1 Å². The maximum atomic E-state index is 15.2. The van der Waals surface area contributed by atoms with Crippen molar-refractivity contribution >= 4 is 59.0 Å². The predicted octanol–water partition coefficient (Wildman–Crippen LogP) is 0.587. The zero-order valence-corrected chi connectivity index (χ0v) is 50.2. The van der Waals surface area contributed by atoms with Gasteiger partial charge in [0.25, 0.3) is 0 Å². The highest BCUT2D eigenvalue weighted by Crippen LogP contribution is 2.29. The van der Waals surface area contributed by atoms with Gasteiger partial charge >= 0.3 is 5.97 Å². The van der Waals surface area contributed by atoms with Gasteiger partial charge in [-0.05, 0) is 112 Å². The lowest BCUT2D eigenvalue weighted by Crippen LogP contribution is -2.67. The molecule has 472 valence electrons. The number of ether oxygens (including phenoxy) is 1. The third-order valence-electron chi connectivity index (χ3n) is 14.5. The molecule has 4 aromatic rings. The van der Waals surface area contributed by atoms with E-state index in [0.29, 0.717) is 30.6 Å². The summed E-state index contributed by atoms with van der Waals surface area (Å²) in [6.07, 6.45) is -3.24. The molecule has 1 unspecified atom stereocenters. The van der Waals surface area contributed by atoms with E-state index in [-0.39, 0.29) is 30.6 Å². The Morgan fingerprint density at radius 1 is 0.644 bits per heavy atom. The number of ketones is 1. The minimum atomic E-state index is -2.27.